The van der Waals surface area contributed by atoms with Crippen LogP contribution in [0, 0.1) is 11.3 Å². The van der Waals surface area contributed by atoms with E-state index in [1.54, 1.807) is 43.1 Å². The average Bonchev–Trinajstić information content (AvgIpc) is 2.63. The maximum atomic E-state index is 12.4. The third-order valence-electron chi connectivity index (χ3n) is 3.28. The standard InChI is InChI=1S/C18H14Cl2N2O2S/c1-24-15-9-11(6-7-16(15)25-2)8-12(10-21)18(23)22-14-5-3-4-13(19)17(14)20/h3-9H,1-2H3,(H,22,23). The van der Waals surface area contributed by atoms with Gasteiger partial charge in [-0.2, -0.15) is 5.26 Å². The zero-order valence-electron chi connectivity index (χ0n) is 13.5. The third-order valence-corrected chi connectivity index (χ3v) is 4.88. The predicted molar refractivity (Wildman–Crippen MR) is 103 cm³/mol. The lowest BCUT2D eigenvalue weighted by Crippen LogP contribution is -2.13. The van der Waals surface area contributed by atoms with E-state index in [0.717, 1.165) is 4.90 Å². The second kappa shape index (κ2) is 8.82. The lowest BCUT2D eigenvalue weighted by Gasteiger charge is -2.09. The van der Waals surface area contributed by atoms with Crippen LogP contribution >= 0.6 is 35.0 Å². The molecular weight excluding hydrogens is 379 g/mol. The Morgan fingerprint density at radius 3 is 2.72 bits per heavy atom. The van der Waals surface area contributed by atoms with Gasteiger partial charge in [-0.25, -0.2) is 0 Å². The molecule has 0 atom stereocenters. The number of rotatable bonds is 5. The summed E-state index contributed by atoms with van der Waals surface area (Å²) in [7, 11) is 1.57. The molecule has 25 heavy (non-hydrogen) atoms. The van der Waals surface area contributed by atoms with Crippen molar-refractivity contribution in [3.63, 3.8) is 0 Å². The Morgan fingerprint density at radius 1 is 1.32 bits per heavy atom. The number of ether oxygens (including phenoxy) is 1. The van der Waals surface area contributed by atoms with Gasteiger partial charge in [-0.3, -0.25) is 4.79 Å². The molecule has 0 aromatic heterocycles. The van der Waals surface area contributed by atoms with Gasteiger partial charge in [-0.05, 0) is 42.2 Å². The van der Waals surface area contributed by atoms with Crippen molar-refractivity contribution in [3.05, 3.63) is 57.6 Å². The number of amides is 1. The first-order valence-electron chi connectivity index (χ1n) is 7.09. The largest absolute Gasteiger partial charge is 0.496 e. The molecular formula is C18H14Cl2N2O2S. The zero-order valence-corrected chi connectivity index (χ0v) is 15.8. The van der Waals surface area contributed by atoms with E-state index in [1.807, 2.05) is 24.5 Å². The molecule has 0 saturated heterocycles. The van der Waals surface area contributed by atoms with Crippen LogP contribution in [0.5, 0.6) is 5.75 Å². The quantitative estimate of drug-likeness (QED) is 0.427. The Balaban J connectivity index is 2.29. The summed E-state index contributed by atoms with van der Waals surface area (Å²) < 4.78 is 5.31. The molecule has 7 heteroatoms. The van der Waals surface area contributed by atoms with Crippen molar-refractivity contribution in [2.45, 2.75) is 4.90 Å². The molecule has 2 aromatic carbocycles. The van der Waals surface area contributed by atoms with E-state index >= 15 is 0 Å². The molecule has 1 amide bonds. The molecule has 2 rings (SSSR count). The van der Waals surface area contributed by atoms with Gasteiger partial charge in [0.1, 0.15) is 17.4 Å². The number of hydrogen-bond acceptors (Lipinski definition) is 4. The van der Waals surface area contributed by atoms with Crippen molar-refractivity contribution < 1.29 is 9.53 Å². The Labute approximate surface area is 160 Å². The number of methoxy groups -OCH3 is 1. The van der Waals surface area contributed by atoms with Gasteiger partial charge in [0, 0.05) is 4.90 Å². The van der Waals surface area contributed by atoms with E-state index in [1.165, 1.54) is 6.08 Å². The number of halogens is 2. The normalized spacial score (nSPS) is 10.9. The van der Waals surface area contributed by atoms with Gasteiger partial charge in [0.2, 0.25) is 0 Å². The molecule has 0 aliphatic carbocycles. The maximum absolute atomic E-state index is 12.4. The second-order valence-corrected chi connectivity index (χ2v) is 6.47. The monoisotopic (exact) mass is 392 g/mol. The van der Waals surface area contributed by atoms with E-state index in [0.29, 0.717) is 22.0 Å². The van der Waals surface area contributed by atoms with Crippen LogP contribution in [-0.4, -0.2) is 19.3 Å². The lowest BCUT2D eigenvalue weighted by molar-refractivity contribution is -0.112. The van der Waals surface area contributed by atoms with E-state index in [9.17, 15) is 10.1 Å². The first-order valence-corrected chi connectivity index (χ1v) is 9.07. The Morgan fingerprint density at radius 2 is 2.08 bits per heavy atom. The highest BCUT2D eigenvalue weighted by atomic mass is 35.5. The van der Waals surface area contributed by atoms with Gasteiger partial charge in [-0.1, -0.05) is 35.3 Å². The summed E-state index contributed by atoms with van der Waals surface area (Å²) >= 11 is 13.5. The molecule has 0 bridgehead atoms. The zero-order chi connectivity index (χ0) is 18.4. The fraction of sp³-hybridized carbons (Fsp3) is 0.111. The number of carbonyl (C=O) groups is 1. The van der Waals surface area contributed by atoms with Gasteiger partial charge in [-0.15, -0.1) is 11.8 Å². The number of hydrogen-bond donors (Lipinski definition) is 1. The maximum Gasteiger partial charge on any atom is 0.266 e. The minimum absolute atomic E-state index is 0.0602. The van der Waals surface area contributed by atoms with Crippen molar-refractivity contribution >= 4 is 52.6 Å². The molecule has 0 fully saturated rings. The molecule has 1 N–H and O–H groups in total. The number of nitrogens with zero attached hydrogens (tertiary/aromatic N) is 1. The van der Waals surface area contributed by atoms with Crippen LogP contribution in [-0.2, 0) is 4.79 Å². The van der Waals surface area contributed by atoms with Crippen molar-refractivity contribution in [3.8, 4) is 11.8 Å². The molecule has 2 aromatic rings. The molecule has 4 nitrogen and oxygen atoms in total. The van der Waals surface area contributed by atoms with Crippen LogP contribution < -0.4 is 10.1 Å². The number of anilines is 1. The Kier molecular flexibility index (Phi) is 6.77. The van der Waals surface area contributed by atoms with Crippen LogP contribution in [0.15, 0.2) is 46.9 Å². The van der Waals surface area contributed by atoms with Crippen molar-refractivity contribution in [1.82, 2.24) is 0 Å². The summed E-state index contributed by atoms with van der Waals surface area (Å²) in [6.07, 6.45) is 3.43. The van der Waals surface area contributed by atoms with Gasteiger partial charge < -0.3 is 10.1 Å². The number of carbonyl (C=O) groups excluding carboxylic acids is 1. The number of benzene rings is 2. The SMILES string of the molecule is COc1cc(C=C(C#N)C(=O)Nc2cccc(Cl)c2Cl)ccc1SC. The molecule has 0 aliphatic rings. The van der Waals surface area contributed by atoms with Gasteiger partial charge in [0.15, 0.2) is 0 Å². The molecule has 0 aliphatic heterocycles. The van der Waals surface area contributed by atoms with Crippen LogP contribution in [0.3, 0.4) is 0 Å². The second-order valence-electron chi connectivity index (χ2n) is 4.84. The van der Waals surface area contributed by atoms with E-state index < -0.39 is 5.91 Å². The van der Waals surface area contributed by atoms with Crippen molar-refractivity contribution in [1.29, 1.82) is 5.26 Å². The highest BCUT2D eigenvalue weighted by molar-refractivity contribution is 7.98. The van der Waals surface area contributed by atoms with E-state index in [4.69, 9.17) is 27.9 Å². The van der Waals surface area contributed by atoms with Gasteiger partial charge in [0.05, 0.1) is 22.8 Å². The summed E-state index contributed by atoms with van der Waals surface area (Å²) in [4.78, 5) is 13.3. The highest BCUT2D eigenvalue weighted by Crippen LogP contribution is 2.31. The van der Waals surface area contributed by atoms with Crippen LogP contribution in [0.4, 0.5) is 5.69 Å². The minimum Gasteiger partial charge on any atom is -0.496 e. The van der Waals surface area contributed by atoms with Crippen molar-refractivity contribution in [2.75, 3.05) is 18.7 Å². The summed E-state index contributed by atoms with van der Waals surface area (Å²) in [5, 5.41) is 12.4. The summed E-state index contributed by atoms with van der Waals surface area (Å²) in [6, 6.07) is 12.2. The molecule has 128 valence electrons. The number of thioether (sulfide) groups is 1. The van der Waals surface area contributed by atoms with Gasteiger partial charge in [0.25, 0.3) is 5.91 Å². The lowest BCUT2D eigenvalue weighted by atomic mass is 10.1. The van der Waals surface area contributed by atoms with E-state index in [2.05, 4.69) is 5.32 Å². The summed E-state index contributed by atoms with van der Waals surface area (Å²) in [5.41, 5.74) is 0.962. The summed E-state index contributed by atoms with van der Waals surface area (Å²) in [6.45, 7) is 0. The number of nitriles is 1. The fourth-order valence-electron chi connectivity index (χ4n) is 2.05. The highest BCUT2D eigenvalue weighted by Gasteiger charge is 2.13. The van der Waals surface area contributed by atoms with Gasteiger partial charge >= 0.3 is 0 Å². The Bertz CT molecular complexity index is 876. The molecule has 0 saturated carbocycles. The van der Waals surface area contributed by atoms with Crippen LogP contribution in [0.1, 0.15) is 5.56 Å². The topological polar surface area (TPSA) is 62.1 Å². The van der Waals surface area contributed by atoms with Crippen LogP contribution in [0.2, 0.25) is 10.0 Å². The molecule has 0 heterocycles. The van der Waals surface area contributed by atoms with Crippen LogP contribution in [0.25, 0.3) is 6.08 Å². The van der Waals surface area contributed by atoms with Crippen molar-refractivity contribution in [2.24, 2.45) is 0 Å². The fourth-order valence-corrected chi connectivity index (χ4v) is 2.94. The van der Waals surface area contributed by atoms with E-state index in [-0.39, 0.29) is 10.6 Å². The molecule has 0 spiro atoms. The molecule has 0 unspecified atom stereocenters. The first-order chi connectivity index (χ1) is 12.0. The number of nitrogens with one attached hydrogen (secondary N) is 1. The smallest absolute Gasteiger partial charge is 0.266 e. The third kappa shape index (κ3) is 4.70. The predicted octanol–water partition coefficient (Wildman–Crippen LogP) is 5.27. The Hall–Kier alpha value is -2.13. The average molecular weight is 393 g/mol. The molecule has 0 radical (unpaired) electrons. The minimum atomic E-state index is -0.570. The summed E-state index contributed by atoms with van der Waals surface area (Å²) in [5.74, 6) is 0.108. The first kappa shape index (κ1) is 19.2.